The zero-order valence-corrected chi connectivity index (χ0v) is 13.2. The van der Waals surface area contributed by atoms with Crippen LogP contribution in [0.3, 0.4) is 0 Å². The van der Waals surface area contributed by atoms with Crippen LogP contribution in [-0.2, 0) is 0 Å². The molecule has 2 atom stereocenters. The summed E-state index contributed by atoms with van der Waals surface area (Å²) in [5, 5.41) is 4.34. The number of halogens is 2. The van der Waals surface area contributed by atoms with Crippen molar-refractivity contribution in [2.45, 2.75) is 31.3 Å². The number of nitrogens with zero attached hydrogens (tertiary/aromatic N) is 2. The number of nitrogens with one attached hydrogen (secondary N) is 1. The van der Waals surface area contributed by atoms with Crippen molar-refractivity contribution in [1.29, 1.82) is 0 Å². The summed E-state index contributed by atoms with van der Waals surface area (Å²) in [6.07, 6.45) is 5.13. The first-order valence-corrected chi connectivity index (χ1v) is 7.90. The van der Waals surface area contributed by atoms with Gasteiger partial charge in [-0.25, -0.2) is 4.98 Å². The van der Waals surface area contributed by atoms with E-state index in [1.54, 1.807) is 0 Å². The smallest absolute Gasteiger partial charge is 0.106 e. The van der Waals surface area contributed by atoms with E-state index in [4.69, 9.17) is 11.6 Å². The lowest BCUT2D eigenvalue weighted by atomic mass is 9.94. The van der Waals surface area contributed by atoms with Crippen LogP contribution in [0.4, 0.5) is 0 Å². The van der Waals surface area contributed by atoms with Gasteiger partial charge < -0.3 is 5.32 Å². The number of hydrogen-bond acceptors (Lipinski definition) is 3. The highest BCUT2D eigenvalue weighted by Crippen LogP contribution is 2.34. The molecule has 5 heteroatoms. The third-order valence-electron chi connectivity index (χ3n) is 3.60. The van der Waals surface area contributed by atoms with Crippen LogP contribution >= 0.6 is 27.5 Å². The lowest BCUT2D eigenvalue weighted by Gasteiger charge is -2.30. The van der Waals surface area contributed by atoms with Crippen LogP contribution in [0.1, 0.15) is 42.7 Å². The summed E-state index contributed by atoms with van der Waals surface area (Å²) in [6.45, 7) is 0. The van der Waals surface area contributed by atoms with Crippen molar-refractivity contribution >= 4 is 27.5 Å². The minimum atomic E-state index is 0.181. The second-order valence-electron chi connectivity index (χ2n) is 4.96. The summed E-state index contributed by atoms with van der Waals surface area (Å²) >= 11 is 9.70. The molecule has 1 saturated heterocycles. The number of hydrogen-bond donors (Lipinski definition) is 1. The van der Waals surface area contributed by atoms with Crippen molar-refractivity contribution < 1.29 is 0 Å². The topological polar surface area (TPSA) is 37.8 Å². The molecule has 1 aliphatic rings. The largest absolute Gasteiger partial charge is 0.300 e. The Bertz CT molecular complexity index is 591. The van der Waals surface area contributed by atoms with Crippen molar-refractivity contribution in [2.24, 2.45) is 0 Å². The highest BCUT2D eigenvalue weighted by molar-refractivity contribution is 9.10. The highest BCUT2D eigenvalue weighted by atomic mass is 79.9. The van der Waals surface area contributed by atoms with Crippen LogP contribution in [0.2, 0.25) is 5.02 Å². The third kappa shape index (κ3) is 3.03. The first-order valence-electron chi connectivity index (χ1n) is 6.73. The Morgan fingerprint density at radius 3 is 2.80 bits per heavy atom. The lowest BCUT2D eigenvalue weighted by Crippen LogP contribution is -2.32. The summed E-state index contributed by atoms with van der Waals surface area (Å²) in [4.78, 5) is 8.97. The molecule has 1 aliphatic heterocycles. The maximum atomic E-state index is 6.28. The molecule has 0 bridgehead atoms. The van der Waals surface area contributed by atoms with Crippen LogP contribution in [0, 0.1) is 0 Å². The Balaban J connectivity index is 1.83. The summed E-state index contributed by atoms with van der Waals surface area (Å²) in [6, 6.07) is 10.2. The van der Waals surface area contributed by atoms with E-state index in [0.29, 0.717) is 5.02 Å². The minimum absolute atomic E-state index is 0.181. The van der Waals surface area contributed by atoms with Crippen molar-refractivity contribution in [3.63, 3.8) is 0 Å². The maximum absolute atomic E-state index is 6.28. The van der Waals surface area contributed by atoms with Gasteiger partial charge in [-0.2, -0.15) is 0 Å². The second-order valence-corrected chi connectivity index (χ2v) is 6.18. The number of pyridine rings is 2. The molecule has 0 unspecified atom stereocenters. The molecule has 0 saturated carbocycles. The first-order chi connectivity index (χ1) is 9.74. The van der Waals surface area contributed by atoms with Crippen LogP contribution in [0.15, 0.2) is 41.1 Å². The quantitative estimate of drug-likeness (QED) is 0.812. The van der Waals surface area contributed by atoms with Crippen LogP contribution in [-0.4, -0.2) is 9.97 Å². The zero-order valence-electron chi connectivity index (χ0n) is 10.9. The van der Waals surface area contributed by atoms with E-state index in [2.05, 4.69) is 37.3 Å². The van der Waals surface area contributed by atoms with Crippen molar-refractivity contribution in [3.8, 4) is 0 Å². The molecule has 104 valence electrons. The van der Waals surface area contributed by atoms with E-state index in [0.717, 1.165) is 35.3 Å². The molecule has 2 aromatic rings. The zero-order chi connectivity index (χ0) is 13.9. The molecule has 3 heterocycles. The number of aromatic nitrogens is 2. The molecule has 3 nitrogen and oxygen atoms in total. The van der Waals surface area contributed by atoms with Gasteiger partial charge in [0.25, 0.3) is 0 Å². The number of piperidine rings is 1. The highest BCUT2D eigenvalue weighted by Gasteiger charge is 2.26. The summed E-state index contributed by atoms with van der Waals surface area (Å²) in [7, 11) is 0. The van der Waals surface area contributed by atoms with Gasteiger partial charge in [0.1, 0.15) is 4.60 Å². The first kappa shape index (κ1) is 14.0. The molecule has 1 fully saturated rings. The lowest BCUT2D eigenvalue weighted by molar-refractivity contribution is 0.321. The van der Waals surface area contributed by atoms with E-state index in [1.165, 1.54) is 0 Å². The molecule has 2 aromatic heterocycles. The van der Waals surface area contributed by atoms with E-state index >= 15 is 0 Å². The Labute approximate surface area is 131 Å². The maximum Gasteiger partial charge on any atom is 0.106 e. The van der Waals surface area contributed by atoms with Crippen LogP contribution in [0.5, 0.6) is 0 Å². The molecule has 0 spiro atoms. The van der Waals surface area contributed by atoms with Gasteiger partial charge in [0, 0.05) is 12.2 Å². The standard InChI is InChI=1S/C15H15BrClN3/c16-14-8-7-10(17)15(20-14)13-6-3-5-12(19-13)11-4-1-2-9-18-11/h1-2,4,7-9,12-13,19H,3,5-6H2/t12-,13+/m0/s1. The molecule has 0 radical (unpaired) electrons. The molecule has 1 N–H and O–H groups in total. The Morgan fingerprint density at radius 1 is 1.15 bits per heavy atom. The molecule has 0 amide bonds. The molecule has 0 aromatic carbocycles. The third-order valence-corrected chi connectivity index (χ3v) is 4.36. The monoisotopic (exact) mass is 351 g/mol. The molecular weight excluding hydrogens is 338 g/mol. The molecule has 20 heavy (non-hydrogen) atoms. The molecule has 0 aliphatic carbocycles. The molecule has 3 rings (SSSR count). The van der Waals surface area contributed by atoms with E-state index < -0.39 is 0 Å². The van der Waals surface area contributed by atoms with Gasteiger partial charge in [0.2, 0.25) is 0 Å². The van der Waals surface area contributed by atoms with E-state index in [1.807, 2.05) is 30.5 Å². The van der Waals surface area contributed by atoms with E-state index in [9.17, 15) is 0 Å². The van der Waals surface area contributed by atoms with Gasteiger partial charge in [0.15, 0.2) is 0 Å². The SMILES string of the molecule is Clc1ccc(Br)nc1[C@H]1CCC[C@@H](c2ccccn2)N1. The Kier molecular flexibility index (Phi) is 4.34. The average Bonchev–Trinajstić information content (AvgIpc) is 2.51. The Morgan fingerprint density at radius 2 is 2.00 bits per heavy atom. The molecular formula is C15H15BrClN3. The fraction of sp³-hybridized carbons (Fsp3) is 0.333. The summed E-state index contributed by atoms with van der Waals surface area (Å²) in [5.74, 6) is 0. The fourth-order valence-corrected chi connectivity index (χ4v) is 3.20. The summed E-state index contributed by atoms with van der Waals surface area (Å²) in [5.41, 5.74) is 2.00. The van der Waals surface area contributed by atoms with Gasteiger partial charge >= 0.3 is 0 Å². The predicted molar refractivity (Wildman–Crippen MR) is 83.7 cm³/mol. The fourth-order valence-electron chi connectivity index (χ4n) is 2.64. The van der Waals surface area contributed by atoms with Crippen molar-refractivity contribution in [1.82, 2.24) is 15.3 Å². The minimum Gasteiger partial charge on any atom is -0.300 e. The van der Waals surface area contributed by atoms with Crippen LogP contribution in [0.25, 0.3) is 0 Å². The van der Waals surface area contributed by atoms with Crippen molar-refractivity contribution in [2.75, 3.05) is 0 Å². The average molecular weight is 353 g/mol. The van der Waals surface area contributed by atoms with Crippen LogP contribution < -0.4 is 5.32 Å². The van der Waals surface area contributed by atoms with E-state index in [-0.39, 0.29) is 12.1 Å². The van der Waals surface area contributed by atoms with Gasteiger partial charge in [-0.05, 0) is 59.5 Å². The van der Waals surface area contributed by atoms with Crippen molar-refractivity contribution in [3.05, 3.63) is 57.5 Å². The van der Waals surface area contributed by atoms with Gasteiger partial charge in [-0.1, -0.05) is 17.7 Å². The normalized spacial score (nSPS) is 22.7. The second kappa shape index (κ2) is 6.20. The van der Waals surface area contributed by atoms with Gasteiger partial charge in [-0.15, -0.1) is 0 Å². The predicted octanol–water partition coefficient (Wildman–Crippen LogP) is 4.45. The summed E-state index contributed by atoms with van der Waals surface area (Å²) < 4.78 is 0.818. The van der Waals surface area contributed by atoms with Gasteiger partial charge in [0.05, 0.1) is 22.5 Å². The Hall–Kier alpha value is -0.970. The number of rotatable bonds is 2. The van der Waals surface area contributed by atoms with Gasteiger partial charge in [-0.3, -0.25) is 4.98 Å².